The molecule has 0 saturated heterocycles. The standard InChI is InChI=1S/C18H22N2O3S/c1-4-5-13(3)19-16(21)10-23-18(22)15-11-24-17(20-15)14-8-6-12(2)7-9-14/h6-9,11,13H,4-5,10H2,1-3H3,(H,19,21). The van der Waals surface area contributed by atoms with Crippen molar-refractivity contribution in [3.63, 3.8) is 0 Å². The molecule has 0 aliphatic carbocycles. The lowest BCUT2D eigenvalue weighted by Crippen LogP contribution is -2.35. The second-order valence-electron chi connectivity index (χ2n) is 5.74. The summed E-state index contributed by atoms with van der Waals surface area (Å²) in [5, 5.41) is 5.19. The van der Waals surface area contributed by atoms with E-state index in [4.69, 9.17) is 4.74 Å². The van der Waals surface area contributed by atoms with E-state index >= 15 is 0 Å². The van der Waals surface area contributed by atoms with Crippen molar-refractivity contribution in [2.45, 2.75) is 39.7 Å². The summed E-state index contributed by atoms with van der Waals surface area (Å²) >= 11 is 1.38. The highest BCUT2D eigenvalue weighted by atomic mass is 32.1. The van der Waals surface area contributed by atoms with E-state index in [0.717, 1.165) is 23.4 Å². The summed E-state index contributed by atoms with van der Waals surface area (Å²) in [7, 11) is 0. The van der Waals surface area contributed by atoms with Crippen LogP contribution in [0.5, 0.6) is 0 Å². The molecular formula is C18H22N2O3S. The molecule has 1 amide bonds. The Morgan fingerprint density at radius 1 is 1.29 bits per heavy atom. The summed E-state index contributed by atoms with van der Waals surface area (Å²) in [6, 6.07) is 8.00. The highest BCUT2D eigenvalue weighted by Crippen LogP contribution is 2.24. The normalized spacial score (nSPS) is 11.8. The van der Waals surface area contributed by atoms with Gasteiger partial charge in [0, 0.05) is 17.0 Å². The molecule has 0 fully saturated rings. The largest absolute Gasteiger partial charge is 0.451 e. The zero-order chi connectivity index (χ0) is 17.5. The molecule has 6 heteroatoms. The molecule has 2 aromatic rings. The van der Waals surface area contributed by atoms with Gasteiger partial charge in [0.2, 0.25) is 0 Å². The highest BCUT2D eigenvalue weighted by Gasteiger charge is 2.15. The SMILES string of the molecule is CCCC(C)NC(=O)COC(=O)c1csc(-c2ccc(C)cc2)n1. The van der Waals surface area contributed by atoms with E-state index < -0.39 is 5.97 Å². The zero-order valence-electron chi connectivity index (χ0n) is 14.2. The third-order valence-electron chi connectivity index (χ3n) is 3.48. The molecule has 0 radical (unpaired) electrons. The Bertz CT molecular complexity index is 695. The van der Waals surface area contributed by atoms with Crippen molar-refractivity contribution in [3.05, 3.63) is 40.9 Å². The minimum Gasteiger partial charge on any atom is -0.451 e. The first-order valence-electron chi connectivity index (χ1n) is 7.98. The first-order valence-corrected chi connectivity index (χ1v) is 8.86. The van der Waals surface area contributed by atoms with Gasteiger partial charge >= 0.3 is 5.97 Å². The molecule has 0 aliphatic heterocycles. The van der Waals surface area contributed by atoms with Crippen LogP contribution in [0, 0.1) is 6.92 Å². The Morgan fingerprint density at radius 3 is 2.67 bits per heavy atom. The van der Waals surface area contributed by atoms with Crippen LogP contribution in [-0.2, 0) is 9.53 Å². The number of hydrogen-bond acceptors (Lipinski definition) is 5. The Labute approximate surface area is 146 Å². The van der Waals surface area contributed by atoms with Gasteiger partial charge in [-0.3, -0.25) is 4.79 Å². The molecule has 0 aliphatic rings. The topological polar surface area (TPSA) is 68.3 Å². The van der Waals surface area contributed by atoms with Gasteiger partial charge in [-0.05, 0) is 20.3 Å². The van der Waals surface area contributed by atoms with Crippen LogP contribution in [0.1, 0.15) is 42.7 Å². The quantitative estimate of drug-likeness (QED) is 0.778. The summed E-state index contributed by atoms with van der Waals surface area (Å²) in [4.78, 5) is 28.0. The van der Waals surface area contributed by atoms with Crippen molar-refractivity contribution in [1.29, 1.82) is 0 Å². The molecule has 1 aromatic heterocycles. The van der Waals surface area contributed by atoms with Crippen LogP contribution in [-0.4, -0.2) is 29.5 Å². The molecular weight excluding hydrogens is 324 g/mol. The van der Waals surface area contributed by atoms with Crippen LogP contribution >= 0.6 is 11.3 Å². The summed E-state index contributed by atoms with van der Waals surface area (Å²) in [6.07, 6.45) is 1.88. The lowest BCUT2D eigenvalue weighted by Gasteiger charge is -2.12. The number of aryl methyl sites for hydroxylation is 1. The van der Waals surface area contributed by atoms with Crippen LogP contribution in [0.15, 0.2) is 29.6 Å². The Hall–Kier alpha value is -2.21. The van der Waals surface area contributed by atoms with Crippen molar-refractivity contribution in [1.82, 2.24) is 10.3 Å². The maximum absolute atomic E-state index is 12.0. The summed E-state index contributed by atoms with van der Waals surface area (Å²) < 4.78 is 5.03. The third kappa shape index (κ3) is 5.16. The number of rotatable bonds is 7. The van der Waals surface area contributed by atoms with Crippen LogP contribution in [0.25, 0.3) is 10.6 Å². The molecule has 5 nitrogen and oxygen atoms in total. The highest BCUT2D eigenvalue weighted by molar-refractivity contribution is 7.13. The zero-order valence-corrected chi connectivity index (χ0v) is 15.0. The number of esters is 1. The summed E-state index contributed by atoms with van der Waals surface area (Å²) in [5.41, 5.74) is 2.35. The van der Waals surface area contributed by atoms with Gasteiger partial charge in [-0.25, -0.2) is 9.78 Å². The fourth-order valence-corrected chi connectivity index (χ4v) is 3.02. The summed E-state index contributed by atoms with van der Waals surface area (Å²) in [6.45, 7) is 5.71. The molecule has 1 unspecified atom stereocenters. The predicted molar refractivity (Wildman–Crippen MR) is 95.1 cm³/mol. The second kappa shape index (κ2) is 8.59. The van der Waals surface area contributed by atoms with Crippen LogP contribution in [0.2, 0.25) is 0 Å². The van der Waals surface area contributed by atoms with E-state index in [1.54, 1.807) is 5.38 Å². The average Bonchev–Trinajstić information content (AvgIpc) is 3.03. The number of ether oxygens (including phenoxy) is 1. The summed E-state index contributed by atoms with van der Waals surface area (Å²) in [5.74, 6) is -0.874. The maximum atomic E-state index is 12.0. The first kappa shape index (κ1) is 18.1. The van der Waals surface area contributed by atoms with Crippen LogP contribution < -0.4 is 5.32 Å². The van der Waals surface area contributed by atoms with Gasteiger partial charge in [-0.1, -0.05) is 43.2 Å². The molecule has 1 N–H and O–H groups in total. The van der Waals surface area contributed by atoms with E-state index in [0.29, 0.717) is 0 Å². The molecule has 0 saturated carbocycles. The van der Waals surface area contributed by atoms with E-state index in [9.17, 15) is 9.59 Å². The first-order chi connectivity index (χ1) is 11.5. The number of aromatic nitrogens is 1. The Balaban J connectivity index is 1.89. The maximum Gasteiger partial charge on any atom is 0.358 e. The van der Waals surface area contributed by atoms with Crippen LogP contribution in [0.4, 0.5) is 0 Å². The minimum absolute atomic E-state index is 0.0774. The van der Waals surface area contributed by atoms with E-state index in [2.05, 4.69) is 17.2 Å². The molecule has 1 heterocycles. The van der Waals surface area contributed by atoms with Crippen molar-refractivity contribution in [2.24, 2.45) is 0 Å². The number of carbonyl (C=O) groups is 2. The molecule has 1 aromatic carbocycles. The van der Waals surface area contributed by atoms with Crippen molar-refractivity contribution in [3.8, 4) is 10.6 Å². The monoisotopic (exact) mass is 346 g/mol. The molecule has 0 spiro atoms. The fraction of sp³-hybridized carbons (Fsp3) is 0.389. The predicted octanol–water partition coefficient (Wildman–Crippen LogP) is 3.58. The molecule has 0 bridgehead atoms. The van der Waals surface area contributed by atoms with Crippen molar-refractivity contribution < 1.29 is 14.3 Å². The van der Waals surface area contributed by atoms with Gasteiger partial charge in [0.05, 0.1) is 0 Å². The Morgan fingerprint density at radius 2 is 2.00 bits per heavy atom. The molecule has 1 atom stereocenters. The van der Waals surface area contributed by atoms with Crippen molar-refractivity contribution >= 4 is 23.2 Å². The second-order valence-corrected chi connectivity index (χ2v) is 6.60. The number of hydrogen-bond donors (Lipinski definition) is 1. The smallest absolute Gasteiger partial charge is 0.358 e. The molecule has 2 rings (SSSR count). The van der Waals surface area contributed by atoms with Gasteiger partial charge in [0.1, 0.15) is 5.01 Å². The van der Waals surface area contributed by atoms with Crippen molar-refractivity contribution in [2.75, 3.05) is 6.61 Å². The number of nitrogens with zero attached hydrogens (tertiary/aromatic N) is 1. The molecule has 128 valence electrons. The van der Waals surface area contributed by atoms with Gasteiger partial charge in [-0.15, -0.1) is 11.3 Å². The third-order valence-corrected chi connectivity index (χ3v) is 4.37. The lowest BCUT2D eigenvalue weighted by atomic mass is 10.2. The van der Waals surface area contributed by atoms with E-state index in [1.807, 2.05) is 38.1 Å². The van der Waals surface area contributed by atoms with Gasteiger partial charge in [0.25, 0.3) is 5.91 Å². The van der Waals surface area contributed by atoms with Gasteiger partial charge in [0.15, 0.2) is 12.3 Å². The molecule has 24 heavy (non-hydrogen) atoms. The number of benzene rings is 1. The van der Waals surface area contributed by atoms with Crippen LogP contribution in [0.3, 0.4) is 0 Å². The number of carbonyl (C=O) groups excluding carboxylic acids is 2. The van der Waals surface area contributed by atoms with E-state index in [1.165, 1.54) is 16.9 Å². The number of amides is 1. The van der Waals surface area contributed by atoms with Gasteiger partial charge in [-0.2, -0.15) is 0 Å². The van der Waals surface area contributed by atoms with Gasteiger partial charge < -0.3 is 10.1 Å². The average molecular weight is 346 g/mol. The Kier molecular flexibility index (Phi) is 6.49. The lowest BCUT2D eigenvalue weighted by molar-refractivity contribution is -0.124. The number of thiazole rings is 1. The minimum atomic E-state index is -0.581. The number of nitrogens with one attached hydrogen (secondary N) is 1. The fourth-order valence-electron chi connectivity index (χ4n) is 2.22. The van der Waals surface area contributed by atoms with E-state index in [-0.39, 0.29) is 24.2 Å².